The van der Waals surface area contributed by atoms with Gasteiger partial charge in [0.15, 0.2) is 0 Å². The zero-order chi connectivity index (χ0) is 15.7. The minimum Gasteiger partial charge on any atom is -0.352 e. The fourth-order valence-corrected chi connectivity index (χ4v) is 3.58. The van der Waals surface area contributed by atoms with Crippen molar-refractivity contribution in [1.29, 1.82) is 0 Å². The molecule has 3 rings (SSSR count). The highest BCUT2D eigenvalue weighted by molar-refractivity contribution is 6.08. The molecule has 1 N–H and O–H groups in total. The second-order valence-corrected chi connectivity index (χ2v) is 6.84. The molecule has 0 atom stereocenters. The molecule has 122 valence electrons. The largest absolute Gasteiger partial charge is 0.352 e. The van der Waals surface area contributed by atoms with E-state index in [2.05, 4.69) is 5.32 Å². The molecule has 0 radical (unpaired) electrons. The molecular weight excluding hydrogens is 282 g/mol. The number of hydrogen-bond donors (Lipinski definition) is 1. The van der Waals surface area contributed by atoms with E-state index < -0.39 is 5.41 Å². The van der Waals surface area contributed by atoms with E-state index in [1.165, 1.54) is 12.8 Å². The van der Waals surface area contributed by atoms with E-state index in [-0.39, 0.29) is 23.8 Å². The zero-order valence-corrected chi connectivity index (χ0v) is 13.3. The average molecular weight is 307 g/mol. The van der Waals surface area contributed by atoms with Crippen LogP contribution >= 0.6 is 0 Å². The van der Waals surface area contributed by atoms with Gasteiger partial charge >= 0.3 is 0 Å². The van der Waals surface area contributed by atoms with Crippen molar-refractivity contribution in [2.24, 2.45) is 5.41 Å². The third-order valence-corrected chi connectivity index (χ3v) is 5.30. The molecule has 0 aromatic rings. The smallest absolute Gasteiger partial charge is 0.238 e. The third kappa shape index (κ3) is 2.83. The van der Waals surface area contributed by atoms with Crippen molar-refractivity contribution in [3.8, 4) is 0 Å². The molecule has 1 aliphatic heterocycles. The Morgan fingerprint density at radius 1 is 0.955 bits per heavy atom. The Morgan fingerprint density at radius 2 is 1.50 bits per heavy atom. The molecule has 0 spiro atoms. The molecule has 1 heterocycles. The van der Waals surface area contributed by atoms with Crippen molar-refractivity contribution >= 4 is 17.7 Å². The number of carbonyl (C=O) groups is 3. The van der Waals surface area contributed by atoms with E-state index in [0.29, 0.717) is 39.0 Å². The predicted molar refractivity (Wildman–Crippen MR) is 80.9 cm³/mol. The molecule has 6 nitrogen and oxygen atoms in total. The number of carbonyl (C=O) groups excluding carboxylic acids is 3. The lowest BCUT2D eigenvalue weighted by Crippen LogP contribution is -2.54. The third-order valence-electron chi connectivity index (χ3n) is 5.30. The van der Waals surface area contributed by atoms with Crippen LogP contribution in [0.5, 0.6) is 0 Å². The van der Waals surface area contributed by atoms with Crippen LogP contribution in [-0.4, -0.2) is 59.7 Å². The number of hydrogen-bond acceptors (Lipinski definition) is 3. The molecule has 6 heteroatoms. The van der Waals surface area contributed by atoms with Gasteiger partial charge in [0.25, 0.3) is 0 Å². The van der Waals surface area contributed by atoms with Gasteiger partial charge < -0.3 is 15.1 Å². The molecule has 3 amide bonds. The normalized spacial score (nSPS) is 24.2. The van der Waals surface area contributed by atoms with E-state index in [9.17, 15) is 14.4 Å². The van der Waals surface area contributed by atoms with Gasteiger partial charge in [0, 0.05) is 39.1 Å². The van der Waals surface area contributed by atoms with Crippen molar-refractivity contribution < 1.29 is 14.4 Å². The first-order valence-electron chi connectivity index (χ1n) is 8.39. The van der Waals surface area contributed by atoms with Crippen LogP contribution in [0.15, 0.2) is 0 Å². The first-order chi connectivity index (χ1) is 10.5. The Bertz CT molecular complexity index is 473. The molecule has 0 aromatic carbocycles. The summed E-state index contributed by atoms with van der Waals surface area (Å²) in [4.78, 5) is 40.1. The Hall–Kier alpha value is -1.59. The van der Waals surface area contributed by atoms with Crippen molar-refractivity contribution in [1.82, 2.24) is 15.1 Å². The van der Waals surface area contributed by atoms with Crippen LogP contribution < -0.4 is 5.32 Å². The van der Waals surface area contributed by atoms with Gasteiger partial charge in [0.2, 0.25) is 17.7 Å². The van der Waals surface area contributed by atoms with E-state index in [4.69, 9.17) is 0 Å². The van der Waals surface area contributed by atoms with Crippen LogP contribution in [0, 0.1) is 5.41 Å². The quantitative estimate of drug-likeness (QED) is 0.773. The molecule has 3 fully saturated rings. The van der Waals surface area contributed by atoms with Gasteiger partial charge in [-0.2, -0.15) is 0 Å². The van der Waals surface area contributed by atoms with Crippen LogP contribution in [0.25, 0.3) is 0 Å². The first-order valence-corrected chi connectivity index (χ1v) is 8.39. The lowest BCUT2D eigenvalue weighted by molar-refractivity contribution is -0.147. The summed E-state index contributed by atoms with van der Waals surface area (Å²) >= 11 is 0. The average Bonchev–Trinajstić information content (AvgIpc) is 3.18. The van der Waals surface area contributed by atoms with E-state index in [0.717, 1.165) is 12.8 Å². The number of piperazine rings is 1. The minimum absolute atomic E-state index is 0.0359. The topological polar surface area (TPSA) is 69.7 Å². The summed E-state index contributed by atoms with van der Waals surface area (Å²) in [5.41, 5.74) is -0.805. The summed E-state index contributed by atoms with van der Waals surface area (Å²) in [5.74, 6) is -0.0585. The lowest BCUT2D eigenvalue weighted by atomic mass is 10.0. The second kappa shape index (κ2) is 5.89. The van der Waals surface area contributed by atoms with Crippen molar-refractivity contribution in [2.75, 3.05) is 26.2 Å². The molecule has 2 saturated carbocycles. The maximum absolute atomic E-state index is 12.7. The fraction of sp³-hybridized carbons (Fsp3) is 0.812. The van der Waals surface area contributed by atoms with Crippen LogP contribution in [-0.2, 0) is 14.4 Å². The molecule has 0 unspecified atom stereocenters. The molecule has 22 heavy (non-hydrogen) atoms. The lowest BCUT2D eigenvalue weighted by Gasteiger charge is -2.36. The van der Waals surface area contributed by atoms with Gasteiger partial charge in [0.1, 0.15) is 5.41 Å². The summed E-state index contributed by atoms with van der Waals surface area (Å²) in [7, 11) is 0. The summed E-state index contributed by atoms with van der Waals surface area (Å²) < 4.78 is 0. The molecule has 0 aromatic heterocycles. The number of nitrogens with zero attached hydrogens (tertiary/aromatic N) is 2. The highest BCUT2D eigenvalue weighted by Gasteiger charge is 2.58. The Balaban J connectivity index is 1.57. The maximum Gasteiger partial charge on any atom is 0.238 e. The van der Waals surface area contributed by atoms with Crippen LogP contribution in [0.2, 0.25) is 0 Å². The summed E-state index contributed by atoms with van der Waals surface area (Å²) in [6, 6.07) is 0.257. The fourth-order valence-electron chi connectivity index (χ4n) is 3.58. The van der Waals surface area contributed by atoms with Crippen LogP contribution in [0.1, 0.15) is 45.4 Å². The van der Waals surface area contributed by atoms with Gasteiger partial charge in [-0.1, -0.05) is 12.8 Å². The van der Waals surface area contributed by atoms with E-state index in [1.807, 2.05) is 0 Å². The molecule has 3 aliphatic rings. The first kappa shape index (κ1) is 15.3. The van der Waals surface area contributed by atoms with Crippen molar-refractivity contribution in [3.05, 3.63) is 0 Å². The van der Waals surface area contributed by atoms with Crippen LogP contribution in [0.4, 0.5) is 0 Å². The van der Waals surface area contributed by atoms with Gasteiger partial charge in [-0.3, -0.25) is 14.4 Å². The van der Waals surface area contributed by atoms with Crippen molar-refractivity contribution in [3.63, 3.8) is 0 Å². The van der Waals surface area contributed by atoms with Crippen LogP contribution in [0.3, 0.4) is 0 Å². The summed E-state index contributed by atoms with van der Waals surface area (Å²) in [6.07, 6.45) is 5.73. The Labute approximate surface area is 131 Å². The molecule has 1 saturated heterocycles. The van der Waals surface area contributed by atoms with Gasteiger partial charge in [-0.25, -0.2) is 0 Å². The van der Waals surface area contributed by atoms with E-state index in [1.54, 1.807) is 16.7 Å². The minimum atomic E-state index is -0.805. The van der Waals surface area contributed by atoms with Gasteiger partial charge in [0.05, 0.1) is 0 Å². The van der Waals surface area contributed by atoms with Crippen molar-refractivity contribution in [2.45, 2.75) is 51.5 Å². The van der Waals surface area contributed by atoms with Gasteiger partial charge in [-0.15, -0.1) is 0 Å². The molecule has 2 aliphatic carbocycles. The SMILES string of the molecule is CC(=O)N1CCN(C(=O)C2(C(=O)NC3CCCC3)CC2)CC1. The standard InChI is InChI=1S/C16H25N3O3/c1-12(20)18-8-10-19(11-9-18)15(22)16(6-7-16)14(21)17-13-4-2-3-5-13/h13H,2-11H2,1H3,(H,17,21). The zero-order valence-electron chi connectivity index (χ0n) is 13.3. The Morgan fingerprint density at radius 3 is 2.00 bits per heavy atom. The predicted octanol–water partition coefficient (Wildman–Crippen LogP) is 0.516. The monoisotopic (exact) mass is 307 g/mol. The molecular formula is C16H25N3O3. The second-order valence-electron chi connectivity index (χ2n) is 6.84. The summed E-state index contributed by atoms with van der Waals surface area (Å²) in [5, 5.41) is 3.08. The highest BCUT2D eigenvalue weighted by Crippen LogP contribution is 2.48. The Kier molecular flexibility index (Phi) is 4.10. The van der Waals surface area contributed by atoms with E-state index >= 15 is 0 Å². The molecule has 0 bridgehead atoms. The number of amides is 3. The number of rotatable bonds is 3. The number of nitrogens with one attached hydrogen (secondary N) is 1. The highest BCUT2D eigenvalue weighted by atomic mass is 16.2. The maximum atomic E-state index is 12.7. The van der Waals surface area contributed by atoms with Gasteiger partial charge in [-0.05, 0) is 25.7 Å². The summed E-state index contributed by atoms with van der Waals surface area (Å²) in [6.45, 7) is 3.77.